The normalized spacial score (nSPS) is 11.0. The second kappa shape index (κ2) is 5.60. The molecule has 4 aromatic rings. The van der Waals surface area contributed by atoms with Crippen LogP contribution >= 0.6 is 22.7 Å². The number of H-pyrrole nitrogens is 1. The predicted molar refractivity (Wildman–Crippen MR) is 94.2 cm³/mol. The van der Waals surface area contributed by atoms with E-state index in [1.165, 1.54) is 11.3 Å². The summed E-state index contributed by atoms with van der Waals surface area (Å²) in [6.07, 6.45) is 1.73. The Bertz CT molecular complexity index is 985. The second-order valence-corrected chi connectivity index (χ2v) is 6.95. The number of hydrogen-bond acceptors (Lipinski definition) is 5. The lowest BCUT2D eigenvalue weighted by Crippen LogP contribution is -2.11. The lowest BCUT2D eigenvalue weighted by molar-refractivity contribution is 0.103. The van der Waals surface area contributed by atoms with Crippen LogP contribution in [0.1, 0.15) is 15.4 Å². The number of aryl methyl sites for hydroxylation is 1. The van der Waals surface area contributed by atoms with Gasteiger partial charge in [0.25, 0.3) is 5.91 Å². The van der Waals surface area contributed by atoms with Crippen molar-refractivity contribution < 1.29 is 4.79 Å². The first-order valence-electron chi connectivity index (χ1n) is 6.97. The number of nitrogens with zero attached hydrogens (tertiary/aromatic N) is 2. The van der Waals surface area contributed by atoms with Gasteiger partial charge in [0.2, 0.25) is 0 Å². The minimum atomic E-state index is -0.148. The van der Waals surface area contributed by atoms with Gasteiger partial charge in [-0.1, -0.05) is 18.2 Å². The molecule has 0 radical (unpaired) electrons. The fourth-order valence-electron chi connectivity index (χ4n) is 2.36. The molecule has 0 atom stereocenters. The minimum Gasteiger partial charge on any atom is -0.319 e. The Morgan fingerprint density at radius 2 is 2.17 bits per heavy atom. The summed E-state index contributed by atoms with van der Waals surface area (Å²) in [4.78, 5) is 18.8. The second-order valence-electron chi connectivity index (χ2n) is 5.00. The van der Waals surface area contributed by atoms with Gasteiger partial charge in [0, 0.05) is 5.39 Å². The molecule has 0 saturated heterocycles. The number of benzene rings is 1. The summed E-state index contributed by atoms with van der Waals surface area (Å²) < 4.78 is 0. The topological polar surface area (TPSA) is 70.7 Å². The summed E-state index contributed by atoms with van der Waals surface area (Å²) in [6.45, 7) is 1.86. The third kappa shape index (κ3) is 2.54. The number of aromatic amines is 1. The van der Waals surface area contributed by atoms with E-state index in [0.717, 1.165) is 32.2 Å². The first-order chi connectivity index (χ1) is 11.2. The van der Waals surface area contributed by atoms with E-state index in [9.17, 15) is 4.79 Å². The summed E-state index contributed by atoms with van der Waals surface area (Å²) in [5.41, 5.74) is 2.28. The van der Waals surface area contributed by atoms with Crippen LogP contribution in [-0.2, 0) is 0 Å². The van der Waals surface area contributed by atoms with Crippen LogP contribution in [0.3, 0.4) is 0 Å². The van der Waals surface area contributed by atoms with Crippen molar-refractivity contribution in [2.45, 2.75) is 6.92 Å². The molecule has 23 heavy (non-hydrogen) atoms. The van der Waals surface area contributed by atoms with Crippen molar-refractivity contribution in [2.24, 2.45) is 0 Å². The number of carbonyl (C=O) groups is 1. The van der Waals surface area contributed by atoms with Gasteiger partial charge < -0.3 is 5.32 Å². The molecule has 0 unspecified atom stereocenters. The Morgan fingerprint density at radius 1 is 1.26 bits per heavy atom. The summed E-state index contributed by atoms with van der Waals surface area (Å²) >= 11 is 3.03. The van der Waals surface area contributed by atoms with Crippen LogP contribution in [0, 0.1) is 6.92 Å². The first-order valence-corrected chi connectivity index (χ1v) is 8.67. The molecule has 2 N–H and O–H groups in total. The van der Waals surface area contributed by atoms with E-state index in [1.807, 2.05) is 42.6 Å². The number of fused-ring (bicyclic) bond motifs is 1. The van der Waals surface area contributed by atoms with Crippen molar-refractivity contribution in [3.8, 4) is 9.88 Å². The highest BCUT2D eigenvalue weighted by atomic mass is 32.1. The molecular weight excluding hydrogens is 328 g/mol. The van der Waals surface area contributed by atoms with Crippen LogP contribution in [0.25, 0.3) is 20.8 Å². The van der Waals surface area contributed by atoms with Crippen molar-refractivity contribution in [1.82, 2.24) is 15.2 Å². The van der Waals surface area contributed by atoms with Crippen LogP contribution in [0.4, 0.5) is 5.69 Å². The van der Waals surface area contributed by atoms with Gasteiger partial charge in [0.05, 0.1) is 28.0 Å². The summed E-state index contributed by atoms with van der Waals surface area (Å²) in [5, 5.41) is 13.7. The zero-order valence-electron chi connectivity index (χ0n) is 12.2. The van der Waals surface area contributed by atoms with Crippen molar-refractivity contribution in [2.75, 3.05) is 5.32 Å². The van der Waals surface area contributed by atoms with E-state index in [-0.39, 0.29) is 5.91 Å². The molecule has 7 heteroatoms. The largest absolute Gasteiger partial charge is 0.319 e. The van der Waals surface area contributed by atoms with E-state index in [0.29, 0.717) is 4.88 Å². The monoisotopic (exact) mass is 340 g/mol. The number of aromatic nitrogens is 3. The number of thiophene rings is 1. The number of anilines is 1. The number of hydrogen-bond donors (Lipinski definition) is 2. The zero-order chi connectivity index (χ0) is 15.8. The average molecular weight is 340 g/mol. The number of para-hydroxylation sites is 1. The average Bonchev–Trinajstić information content (AvgIpc) is 3.27. The molecule has 0 bridgehead atoms. The Labute approximate surface area is 140 Å². The molecule has 0 aliphatic carbocycles. The third-order valence-electron chi connectivity index (χ3n) is 3.46. The predicted octanol–water partition coefficient (Wildman–Crippen LogP) is 4.31. The maximum atomic E-state index is 12.6. The van der Waals surface area contributed by atoms with E-state index < -0.39 is 0 Å². The lowest BCUT2D eigenvalue weighted by Gasteiger charge is -2.05. The molecule has 0 saturated carbocycles. The van der Waals surface area contributed by atoms with E-state index >= 15 is 0 Å². The van der Waals surface area contributed by atoms with Gasteiger partial charge in [-0.15, -0.1) is 22.7 Å². The highest BCUT2D eigenvalue weighted by Gasteiger charge is 2.17. The Morgan fingerprint density at radius 3 is 3.00 bits per heavy atom. The molecule has 1 amide bonds. The van der Waals surface area contributed by atoms with Gasteiger partial charge in [-0.25, -0.2) is 4.98 Å². The number of nitrogens with one attached hydrogen (secondary N) is 2. The van der Waals surface area contributed by atoms with Crippen LogP contribution in [0.15, 0.2) is 41.9 Å². The van der Waals surface area contributed by atoms with Gasteiger partial charge in [-0.2, -0.15) is 5.10 Å². The summed E-state index contributed by atoms with van der Waals surface area (Å²) in [5.74, 6) is -0.148. The van der Waals surface area contributed by atoms with E-state index in [2.05, 4.69) is 20.5 Å². The fourth-order valence-corrected chi connectivity index (χ4v) is 4.12. The van der Waals surface area contributed by atoms with Crippen molar-refractivity contribution in [3.63, 3.8) is 0 Å². The highest BCUT2D eigenvalue weighted by Crippen LogP contribution is 2.31. The quantitative estimate of drug-likeness (QED) is 0.584. The van der Waals surface area contributed by atoms with Crippen LogP contribution in [0.2, 0.25) is 0 Å². The highest BCUT2D eigenvalue weighted by molar-refractivity contribution is 7.22. The van der Waals surface area contributed by atoms with Gasteiger partial charge >= 0.3 is 0 Å². The Balaban J connectivity index is 1.66. The SMILES string of the molecule is Cc1nc(-c2cccs2)sc1C(=O)Nc1cccc2cn[nH]c12. The summed E-state index contributed by atoms with van der Waals surface area (Å²) in [7, 11) is 0. The van der Waals surface area contributed by atoms with E-state index in [1.54, 1.807) is 17.5 Å². The Kier molecular flexibility index (Phi) is 3.44. The minimum absolute atomic E-state index is 0.148. The molecule has 0 aliphatic rings. The maximum absolute atomic E-state index is 12.6. The zero-order valence-corrected chi connectivity index (χ0v) is 13.8. The van der Waals surface area contributed by atoms with Crippen LogP contribution in [0.5, 0.6) is 0 Å². The van der Waals surface area contributed by atoms with Gasteiger partial charge in [0.1, 0.15) is 9.88 Å². The molecule has 5 nitrogen and oxygen atoms in total. The molecule has 4 rings (SSSR count). The molecular formula is C16H12N4OS2. The molecule has 1 aromatic carbocycles. The molecule has 0 spiro atoms. The van der Waals surface area contributed by atoms with E-state index in [4.69, 9.17) is 0 Å². The molecule has 114 valence electrons. The first kappa shape index (κ1) is 14.1. The molecule has 3 aromatic heterocycles. The van der Waals surface area contributed by atoms with Crippen LogP contribution < -0.4 is 5.32 Å². The number of carbonyl (C=O) groups excluding carboxylic acids is 1. The number of amides is 1. The number of rotatable bonds is 3. The maximum Gasteiger partial charge on any atom is 0.267 e. The summed E-state index contributed by atoms with van der Waals surface area (Å²) in [6, 6.07) is 9.69. The van der Waals surface area contributed by atoms with Crippen molar-refractivity contribution >= 4 is 45.2 Å². The smallest absolute Gasteiger partial charge is 0.267 e. The Hall–Kier alpha value is -2.51. The number of thiazole rings is 1. The third-order valence-corrected chi connectivity index (χ3v) is 5.65. The van der Waals surface area contributed by atoms with Crippen molar-refractivity contribution in [3.05, 3.63) is 52.5 Å². The van der Waals surface area contributed by atoms with Gasteiger partial charge in [0.15, 0.2) is 0 Å². The van der Waals surface area contributed by atoms with Crippen molar-refractivity contribution in [1.29, 1.82) is 0 Å². The standard InChI is InChI=1S/C16H12N4OS2/c1-9-14(23-16(18-9)12-6-3-7-22-12)15(21)19-11-5-2-4-10-8-17-20-13(10)11/h2-8H,1H3,(H,17,20)(H,19,21). The molecule has 3 heterocycles. The molecule has 0 aliphatic heterocycles. The lowest BCUT2D eigenvalue weighted by atomic mass is 10.2. The van der Waals surface area contributed by atoms with Gasteiger partial charge in [-0.3, -0.25) is 9.89 Å². The fraction of sp³-hybridized carbons (Fsp3) is 0.0625. The van der Waals surface area contributed by atoms with Crippen LogP contribution in [-0.4, -0.2) is 21.1 Å². The van der Waals surface area contributed by atoms with Gasteiger partial charge in [-0.05, 0) is 24.4 Å². The molecule has 0 fully saturated rings.